The summed E-state index contributed by atoms with van der Waals surface area (Å²) >= 11 is 0. The van der Waals surface area contributed by atoms with Gasteiger partial charge in [-0.2, -0.15) is 0 Å². The van der Waals surface area contributed by atoms with E-state index in [4.69, 9.17) is 4.74 Å². The largest absolute Gasteiger partial charge is 0.497 e. The first-order valence-corrected chi connectivity index (χ1v) is 13.2. The van der Waals surface area contributed by atoms with Gasteiger partial charge in [0.15, 0.2) is 0 Å². The van der Waals surface area contributed by atoms with Gasteiger partial charge in [0.05, 0.1) is 13.8 Å². The average molecular weight is 546 g/mol. The maximum absolute atomic E-state index is 13.9. The molecule has 4 amide bonds. The van der Waals surface area contributed by atoms with Gasteiger partial charge >= 0.3 is 6.03 Å². The number of urea groups is 1. The van der Waals surface area contributed by atoms with Crippen molar-refractivity contribution in [2.75, 3.05) is 43.6 Å². The molecule has 0 aromatic heterocycles. The Morgan fingerprint density at radius 2 is 1.70 bits per heavy atom. The SMILES string of the molecule is COc1cccc(NC(=O)N2CCC3(CC2)C(=O)N(CC(=O)NCc2ccc(F)cc2)CN3c2ccccc2)c1. The number of carbonyl (C=O) groups is 3. The smallest absolute Gasteiger partial charge is 0.321 e. The molecule has 2 N–H and O–H groups in total. The molecule has 0 aliphatic carbocycles. The summed E-state index contributed by atoms with van der Waals surface area (Å²) in [5, 5.41) is 5.73. The first kappa shape index (κ1) is 27.0. The Bertz CT molecular complexity index is 1360. The van der Waals surface area contributed by atoms with Gasteiger partial charge in [-0.05, 0) is 54.8 Å². The van der Waals surface area contributed by atoms with Crippen molar-refractivity contribution < 1.29 is 23.5 Å². The number of para-hydroxylation sites is 1. The minimum atomic E-state index is -0.856. The van der Waals surface area contributed by atoms with E-state index in [1.807, 2.05) is 30.3 Å². The predicted molar refractivity (Wildman–Crippen MR) is 149 cm³/mol. The highest BCUT2D eigenvalue weighted by molar-refractivity contribution is 5.97. The molecule has 2 aliphatic rings. The lowest BCUT2D eigenvalue weighted by molar-refractivity contribution is -0.137. The lowest BCUT2D eigenvalue weighted by atomic mass is 9.85. The van der Waals surface area contributed by atoms with Gasteiger partial charge < -0.3 is 30.1 Å². The van der Waals surface area contributed by atoms with Crippen molar-refractivity contribution in [1.29, 1.82) is 0 Å². The van der Waals surface area contributed by atoms with Crippen LogP contribution in [0.5, 0.6) is 5.75 Å². The van der Waals surface area contributed by atoms with Crippen LogP contribution in [0.15, 0.2) is 78.9 Å². The molecule has 0 unspecified atom stereocenters. The van der Waals surface area contributed by atoms with Crippen LogP contribution >= 0.6 is 0 Å². The second-order valence-corrected chi connectivity index (χ2v) is 9.99. The molecule has 3 aromatic rings. The fraction of sp³-hybridized carbons (Fsp3) is 0.300. The Labute approximate surface area is 232 Å². The van der Waals surface area contributed by atoms with E-state index in [9.17, 15) is 18.8 Å². The van der Waals surface area contributed by atoms with Gasteiger partial charge in [0.25, 0.3) is 5.91 Å². The Kier molecular flexibility index (Phi) is 7.86. The lowest BCUT2D eigenvalue weighted by Gasteiger charge is -2.43. The van der Waals surface area contributed by atoms with Crippen LogP contribution in [0.25, 0.3) is 0 Å². The fourth-order valence-corrected chi connectivity index (χ4v) is 5.34. The molecule has 2 heterocycles. The van der Waals surface area contributed by atoms with E-state index in [1.165, 1.54) is 12.1 Å². The van der Waals surface area contributed by atoms with E-state index >= 15 is 0 Å². The third kappa shape index (κ3) is 5.70. The number of nitrogens with zero attached hydrogens (tertiary/aromatic N) is 3. The number of carbonyl (C=O) groups excluding carboxylic acids is 3. The number of hydrogen-bond donors (Lipinski definition) is 2. The number of hydrogen-bond acceptors (Lipinski definition) is 5. The van der Waals surface area contributed by atoms with Crippen molar-refractivity contribution in [3.05, 3.63) is 90.2 Å². The van der Waals surface area contributed by atoms with E-state index in [1.54, 1.807) is 53.3 Å². The van der Waals surface area contributed by atoms with Crippen LogP contribution in [0, 0.1) is 5.82 Å². The number of rotatable bonds is 7. The Hall–Kier alpha value is -4.60. The molecule has 9 nitrogen and oxygen atoms in total. The molecule has 40 heavy (non-hydrogen) atoms. The molecule has 2 saturated heterocycles. The Morgan fingerprint density at radius 3 is 2.40 bits per heavy atom. The minimum Gasteiger partial charge on any atom is -0.497 e. The first-order chi connectivity index (χ1) is 19.4. The summed E-state index contributed by atoms with van der Waals surface area (Å²) in [5.74, 6) is -0.112. The number of methoxy groups -OCH3 is 1. The summed E-state index contributed by atoms with van der Waals surface area (Å²) in [7, 11) is 1.57. The van der Waals surface area contributed by atoms with Gasteiger partial charge in [0, 0.05) is 37.1 Å². The topological polar surface area (TPSA) is 94.2 Å². The molecule has 0 radical (unpaired) electrons. The second-order valence-electron chi connectivity index (χ2n) is 9.99. The number of nitrogens with one attached hydrogen (secondary N) is 2. The van der Waals surface area contributed by atoms with Crippen molar-refractivity contribution in [2.24, 2.45) is 0 Å². The summed E-state index contributed by atoms with van der Waals surface area (Å²) in [5.41, 5.74) is 1.43. The summed E-state index contributed by atoms with van der Waals surface area (Å²) in [4.78, 5) is 45.0. The first-order valence-electron chi connectivity index (χ1n) is 13.2. The van der Waals surface area contributed by atoms with Gasteiger partial charge in [-0.3, -0.25) is 9.59 Å². The number of halogens is 1. The number of anilines is 2. The Balaban J connectivity index is 1.26. The molecular weight excluding hydrogens is 513 g/mol. The Morgan fingerprint density at radius 1 is 0.975 bits per heavy atom. The summed E-state index contributed by atoms with van der Waals surface area (Å²) in [6, 6.07) is 22.5. The van der Waals surface area contributed by atoms with Gasteiger partial charge in [-0.25, -0.2) is 9.18 Å². The zero-order chi connectivity index (χ0) is 28.1. The van der Waals surface area contributed by atoms with Crippen LogP contribution in [-0.2, 0) is 16.1 Å². The zero-order valence-electron chi connectivity index (χ0n) is 22.3. The third-order valence-electron chi connectivity index (χ3n) is 7.52. The molecule has 3 aromatic carbocycles. The van der Waals surface area contributed by atoms with Crippen molar-refractivity contribution >= 4 is 29.2 Å². The highest BCUT2D eigenvalue weighted by Gasteiger charge is 2.54. The quantitative estimate of drug-likeness (QED) is 0.471. The standard InChI is InChI=1S/C30H32FN5O4/c1-40-26-9-5-6-24(18-26)33-29(39)34-16-14-30(15-17-34)28(38)35(21-36(30)25-7-3-2-4-8-25)20-27(37)32-19-22-10-12-23(31)13-11-22/h2-13,18H,14-17,19-21H2,1H3,(H,32,37)(H,33,39). The number of piperidine rings is 1. The van der Waals surface area contributed by atoms with Crippen LogP contribution in [0.3, 0.4) is 0 Å². The highest BCUT2D eigenvalue weighted by atomic mass is 19.1. The van der Waals surface area contributed by atoms with E-state index in [-0.39, 0.29) is 43.4 Å². The second kappa shape index (κ2) is 11.6. The summed E-state index contributed by atoms with van der Waals surface area (Å²) in [6.45, 7) is 1.19. The zero-order valence-corrected chi connectivity index (χ0v) is 22.3. The average Bonchev–Trinajstić information content (AvgIpc) is 3.23. The van der Waals surface area contributed by atoms with Crippen LogP contribution < -0.4 is 20.3 Å². The molecule has 0 saturated carbocycles. The molecule has 2 aliphatic heterocycles. The molecule has 10 heteroatoms. The molecule has 5 rings (SSSR count). The molecular formula is C30H32FN5O4. The minimum absolute atomic E-state index is 0.0921. The molecule has 0 atom stereocenters. The molecule has 0 bridgehead atoms. The van der Waals surface area contributed by atoms with Crippen LogP contribution in [-0.4, -0.2) is 66.6 Å². The number of amides is 4. The molecule has 2 fully saturated rings. The van der Waals surface area contributed by atoms with E-state index in [0.717, 1.165) is 11.3 Å². The van der Waals surface area contributed by atoms with Crippen LogP contribution in [0.4, 0.5) is 20.6 Å². The third-order valence-corrected chi connectivity index (χ3v) is 7.52. The maximum Gasteiger partial charge on any atom is 0.321 e. The van der Waals surface area contributed by atoms with Crippen LogP contribution in [0.1, 0.15) is 18.4 Å². The van der Waals surface area contributed by atoms with E-state index in [0.29, 0.717) is 37.4 Å². The maximum atomic E-state index is 13.9. The predicted octanol–water partition coefficient (Wildman–Crippen LogP) is 3.82. The molecule has 1 spiro atoms. The monoisotopic (exact) mass is 545 g/mol. The van der Waals surface area contributed by atoms with Gasteiger partial charge in [-0.1, -0.05) is 36.4 Å². The van der Waals surface area contributed by atoms with E-state index in [2.05, 4.69) is 15.5 Å². The van der Waals surface area contributed by atoms with E-state index < -0.39 is 5.54 Å². The summed E-state index contributed by atoms with van der Waals surface area (Å²) in [6.07, 6.45) is 0.861. The summed E-state index contributed by atoms with van der Waals surface area (Å²) < 4.78 is 18.4. The number of ether oxygens (including phenoxy) is 1. The normalized spacial score (nSPS) is 16.2. The lowest BCUT2D eigenvalue weighted by Crippen LogP contribution is -2.58. The van der Waals surface area contributed by atoms with Gasteiger partial charge in [0.2, 0.25) is 5.91 Å². The van der Waals surface area contributed by atoms with Crippen molar-refractivity contribution in [3.8, 4) is 5.75 Å². The van der Waals surface area contributed by atoms with Crippen molar-refractivity contribution in [1.82, 2.24) is 15.1 Å². The number of likely N-dealkylation sites (tertiary alicyclic amines) is 1. The molecule has 208 valence electrons. The fourth-order valence-electron chi connectivity index (χ4n) is 5.34. The van der Waals surface area contributed by atoms with Crippen molar-refractivity contribution in [2.45, 2.75) is 24.9 Å². The van der Waals surface area contributed by atoms with Crippen LogP contribution in [0.2, 0.25) is 0 Å². The van der Waals surface area contributed by atoms with Crippen molar-refractivity contribution in [3.63, 3.8) is 0 Å². The van der Waals surface area contributed by atoms with Gasteiger partial charge in [0.1, 0.15) is 23.7 Å². The highest BCUT2D eigenvalue weighted by Crippen LogP contribution is 2.39. The number of benzene rings is 3. The van der Waals surface area contributed by atoms with Gasteiger partial charge in [-0.15, -0.1) is 0 Å².